The van der Waals surface area contributed by atoms with Gasteiger partial charge in [-0.2, -0.15) is 0 Å². The minimum atomic E-state index is 0.358. The van der Waals surface area contributed by atoms with Gasteiger partial charge in [0.15, 0.2) is 0 Å². The fourth-order valence-electron chi connectivity index (χ4n) is 1.16. The van der Waals surface area contributed by atoms with Crippen molar-refractivity contribution in [2.24, 2.45) is 0 Å². The first-order chi connectivity index (χ1) is 5.81. The minimum Gasteiger partial charge on any atom is -0.377 e. The van der Waals surface area contributed by atoms with Gasteiger partial charge in [-0.1, -0.05) is 26.2 Å². The molecule has 0 heterocycles. The van der Waals surface area contributed by atoms with E-state index >= 15 is 0 Å². The Morgan fingerprint density at radius 2 is 2.00 bits per heavy atom. The van der Waals surface area contributed by atoms with Gasteiger partial charge in [0.05, 0.1) is 6.10 Å². The molecule has 0 aliphatic carbocycles. The third-order valence-electron chi connectivity index (χ3n) is 1.89. The third kappa shape index (κ3) is 8.02. The van der Waals surface area contributed by atoms with E-state index in [-0.39, 0.29) is 0 Å². The fourth-order valence-corrected chi connectivity index (χ4v) is 1.16. The highest BCUT2D eigenvalue weighted by Gasteiger charge is 1.98. The van der Waals surface area contributed by atoms with Crippen molar-refractivity contribution in [1.82, 2.24) is 5.32 Å². The standard InChI is InChI=1S/C10H23NO/c1-4-5-6-7-8-12-10(2)9-11-3/h10-11H,4-9H2,1-3H3. The summed E-state index contributed by atoms with van der Waals surface area (Å²) in [5.41, 5.74) is 0. The molecule has 0 aromatic carbocycles. The van der Waals surface area contributed by atoms with Crippen molar-refractivity contribution < 1.29 is 4.74 Å². The summed E-state index contributed by atoms with van der Waals surface area (Å²) in [4.78, 5) is 0. The molecule has 0 aliphatic heterocycles. The first kappa shape index (κ1) is 11.9. The molecule has 0 radical (unpaired) electrons. The Morgan fingerprint density at radius 1 is 1.25 bits per heavy atom. The molecule has 0 aromatic rings. The lowest BCUT2D eigenvalue weighted by Crippen LogP contribution is -2.23. The minimum absolute atomic E-state index is 0.358. The van der Waals surface area contributed by atoms with Crippen molar-refractivity contribution in [1.29, 1.82) is 0 Å². The van der Waals surface area contributed by atoms with E-state index in [4.69, 9.17) is 4.74 Å². The molecular formula is C10H23NO. The quantitative estimate of drug-likeness (QED) is 0.568. The van der Waals surface area contributed by atoms with Gasteiger partial charge in [-0.15, -0.1) is 0 Å². The summed E-state index contributed by atoms with van der Waals surface area (Å²) in [6, 6.07) is 0. The zero-order valence-corrected chi connectivity index (χ0v) is 8.73. The average Bonchev–Trinajstić information content (AvgIpc) is 2.05. The van der Waals surface area contributed by atoms with Crippen molar-refractivity contribution in [2.75, 3.05) is 20.2 Å². The first-order valence-corrected chi connectivity index (χ1v) is 5.07. The van der Waals surface area contributed by atoms with E-state index in [0.29, 0.717) is 6.10 Å². The number of nitrogens with one attached hydrogen (secondary N) is 1. The van der Waals surface area contributed by atoms with Crippen LogP contribution >= 0.6 is 0 Å². The second-order valence-electron chi connectivity index (χ2n) is 3.30. The van der Waals surface area contributed by atoms with Gasteiger partial charge in [0, 0.05) is 13.2 Å². The van der Waals surface area contributed by atoms with E-state index in [1.807, 2.05) is 7.05 Å². The molecule has 0 aromatic heterocycles. The first-order valence-electron chi connectivity index (χ1n) is 5.07. The summed E-state index contributed by atoms with van der Waals surface area (Å²) in [7, 11) is 1.96. The molecule has 0 aliphatic rings. The van der Waals surface area contributed by atoms with Gasteiger partial charge in [0.2, 0.25) is 0 Å². The van der Waals surface area contributed by atoms with E-state index in [9.17, 15) is 0 Å². The van der Waals surface area contributed by atoms with Gasteiger partial charge in [0.1, 0.15) is 0 Å². The lowest BCUT2D eigenvalue weighted by atomic mass is 10.2. The zero-order chi connectivity index (χ0) is 9.23. The number of hydrogen-bond donors (Lipinski definition) is 1. The fraction of sp³-hybridized carbons (Fsp3) is 1.00. The molecule has 1 atom stereocenters. The lowest BCUT2D eigenvalue weighted by molar-refractivity contribution is 0.0644. The van der Waals surface area contributed by atoms with Crippen LogP contribution < -0.4 is 5.32 Å². The summed E-state index contributed by atoms with van der Waals surface area (Å²) in [6.45, 7) is 6.21. The molecule has 1 unspecified atom stereocenters. The molecule has 0 saturated heterocycles. The molecular weight excluding hydrogens is 150 g/mol. The molecule has 12 heavy (non-hydrogen) atoms. The summed E-state index contributed by atoms with van der Waals surface area (Å²) < 4.78 is 5.57. The Labute approximate surface area is 76.7 Å². The second-order valence-corrected chi connectivity index (χ2v) is 3.30. The van der Waals surface area contributed by atoms with Gasteiger partial charge >= 0.3 is 0 Å². The summed E-state index contributed by atoms with van der Waals surface area (Å²) >= 11 is 0. The molecule has 74 valence electrons. The maximum Gasteiger partial charge on any atom is 0.0671 e. The average molecular weight is 173 g/mol. The smallest absolute Gasteiger partial charge is 0.0671 e. The van der Waals surface area contributed by atoms with Crippen LogP contribution in [-0.4, -0.2) is 26.3 Å². The number of hydrogen-bond acceptors (Lipinski definition) is 2. The van der Waals surface area contributed by atoms with E-state index in [0.717, 1.165) is 13.2 Å². The summed E-state index contributed by atoms with van der Waals surface area (Å²) in [5.74, 6) is 0. The molecule has 0 bridgehead atoms. The van der Waals surface area contributed by atoms with Crippen LogP contribution in [0.15, 0.2) is 0 Å². The second kappa shape index (κ2) is 9.01. The van der Waals surface area contributed by atoms with Crippen LogP contribution in [0.5, 0.6) is 0 Å². The normalized spacial score (nSPS) is 13.2. The Balaban J connectivity index is 2.97. The van der Waals surface area contributed by atoms with Gasteiger partial charge < -0.3 is 10.1 Å². The highest BCUT2D eigenvalue weighted by molar-refractivity contribution is 4.51. The lowest BCUT2D eigenvalue weighted by Gasteiger charge is -2.11. The van der Waals surface area contributed by atoms with Gasteiger partial charge in [-0.05, 0) is 20.4 Å². The SMILES string of the molecule is CCCCCCOC(C)CNC. The molecule has 0 rings (SSSR count). The Hall–Kier alpha value is -0.0800. The molecule has 2 heteroatoms. The highest BCUT2D eigenvalue weighted by atomic mass is 16.5. The van der Waals surface area contributed by atoms with Crippen LogP contribution in [0.25, 0.3) is 0 Å². The zero-order valence-electron chi connectivity index (χ0n) is 8.73. The van der Waals surface area contributed by atoms with E-state index in [2.05, 4.69) is 19.2 Å². The van der Waals surface area contributed by atoms with E-state index in [1.54, 1.807) is 0 Å². The van der Waals surface area contributed by atoms with Gasteiger partial charge in [-0.25, -0.2) is 0 Å². The Morgan fingerprint density at radius 3 is 2.58 bits per heavy atom. The van der Waals surface area contributed by atoms with Gasteiger partial charge in [0.25, 0.3) is 0 Å². The Kier molecular flexibility index (Phi) is 8.95. The highest BCUT2D eigenvalue weighted by Crippen LogP contribution is 2.00. The van der Waals surface area contributed by atoms with Crippen molar-refractivity contribution in [2.45, 2.75) is 45.6 Å². The molecule has 1 N–H and O–H groups in total. The van der Waals surface area contributed by atoms with Crippen LogP contribution in [-0.2, 0) is 4.74 Å². The molecule has 0 fully saturated rings. The van der Waals surface area contributed by atoms with Crippen LogP contribution in [0.2, 0.25) is 0 Å². The van der Waals surface area contributed by atoms with E-state index in [1.165, 1.54) is 25.7 Å². The number of rotatable bonds is 8. The van der Waals surface area contributed by atoms with Crippen molar-refractivity contribution in [3.8, 4) is 0 Å². The van der Waals surface area contributed by atoms with Crippen molar-refractivity contribution >= 4 is 0 Å². The van der Waals surface area contributed by atoms with Crippen LogP contribution in [0.3, 0.4) is 0 Å². The van der Waals surface area contributed by atoms with Crippen molar-refractivity contribution in [3.63, 3.8) is 0 Å². The molecule has 0 saturated carbocycles. The number of likely N-dealkylation sites (N-methyl/N-ethyl adjacent to an activating group) is 1. The summed E-state index contributed by atoms with van der Waals surface area (Å²) in [6.07, 6.45) is 5.51. The molecule has 0 spiro atoms. The largest absolute Gasteiger partial charge is 0.377 e. The number of unbranched alkanes of at least 4 members (excludes halogenated alkanes) is 3. The maximum atomic E-state index is 5.57. The monoisotopic (exact) mass is 173 g/mol. The molecule has 0 amide bonds. The third-order valence-corrected chi connectivity index (χ3v) is 1.89. The predicted molar refractivity (Wildman–Crippen MR) is 53.5 cm³/mol. The van der Waals surface area contributed by atoms with E-state index < -0.39 is 0 Å². The maximum absolute atomic E-state index is 5.57. The van der Waals surface area contributed by atoms with Crippen molar-refractivity contribution in [3.05, 3.63) is 0 Å². The number of ether oxygens (including phenoxy) is 1. The van der Waals surface area contributed by atoms with Crippen LogP contribution in [0, 0.1) is 0 Å². The summed E-state index contributed by atoms with van der Waals surface area (Å²) in [5, 5.41) is 3.09. The van der Waals surface area contributed by atoms with Crippen LogP contribution in [0.4, 0.5) is 0 Å². The van der Waals surface area contributed by atoms with Gasteiger partial charge in [-0.3, -0.25) is 0 Å². The van der Waals surface area contributed by atoms with Crippen LogP contribution in [0.1, 0.15) is 39.5 Å². The topological polar surface area (TPSA) is 21.3 Å². The predicted octanol–water partition coefficient (Wildman–Crippen LogP) is 2.19. The molecule has 2 nitrogen and oxygen atoms in total. The Bertz CT molecular complexity index is 85.9.